The molecule has 212 valence electrons. The van der Waals surface area contributed by atoms with E-state index in [1.807, 2.05) is 0 Å². The van der Waals surface area contributed by atoms with Gasteiger partial charge < -0.3 is 4.57 Å². The number of rotatable bonds is 6. The molecule has 0 saturated carbocycles. The number of allylic oxidation sites excluding steroid dienone is 2. The Balaban J connectivity index is 2.26. The molecule has 0 aromatic heterocycles. The first-order valence-electron chi connectivity index (χ1n) is 12.1. The van der Waals surface area contributed by atoms with Gasteiger partial charge in [-0.05, 0) is 61.6 Å². The molecule has 1 aliphatic carbocycles. The van der Waals surface area contributed by atoms with Gasteiger partial charge in [0.2, 0.25) is 0 Å². The molecule has 1 aliphatic rings. The zero-order valence-electron chi connectivity index (χ0n) is 22.0. The number of halogens is 5. The van der Waals surface area contributed by atoms with Crippen LogP contribution < -0.4 is 10.6 Å². The predicted molar refractivity (Wildman–Crippen MR) is 155 cm³/mol. The maximum Gasteiger partial charge on any atom is 0.523 e. The standard InChI is InChI=1S/C29H26Cl2F3O4PS/c1-18-15-16-24(20(3)26(18)30)25-21(4)27(31)19(2)17-28(25,38-40(36,37)29(32,33)34)39(35,22-11-7-5-8-12-22)23-13-9-6-10-14-23/h5-17,25H,1-4H3. The first-order valence-corrected chi connectivity index (χ1v) is 16.0. The summed E-state index contributed by atoms with van der Waals surface area (Å²) in [7, 11) is -10.8. The normalized spacial score (nSPS) is 20.4. The smallest absolute Gasteiger partial charge is 0.310 e. The van der Waals surface area contributed by atoms with Crippen molar-refractivity contribution in [3.05, 3.63) is 117 Å². The molecular weight excluding hydrogens is 603 g/mol. The minimum Gasteiger partial charge on any atom is -0.310 e. The van der Waals surface area contributed by atoms with E-state index in [4.69, 9.17) is 27.4 Å². The Labute approximate surface area is 242 Å². The first-order chi connectivity index (χ1) is 18.6. The Bertz CT molecular complexity index is 1630. The van der Waals surface area contributed by atoms with E-state index >= 15 is 4.57 Å². The van der Waals surface area contributed by atoms with Gasteiger partial charge in [0.25, 0.3) is 0 Å². The molecular formula is C29H26Cl2F3O4PS. The van der Waals surface area contributed by atoms with E-state index in [9.17, 15) is 21.6 Å². The lowest BCUT2D eigenvalue weighted by atomic mass is 9.79. The lowest BCUT2D eigenvalue weighted by Gasteiger charge is -2.47. The fourth-order valence-electron chi connectivity index (χ4n) is 5.26. The van der Waals surface area contributed by atoms with E-state index in [1.165, 1.54) is 37.3 Å². The van der Waals surface area contributed by atoms with E-state index < -0.39 is 34.0 Å². The van der Waals surface area contributed by atoms with Gasteiger partial charge in [0.15, 0.2) is 12.5 Å². The van der Waals surface area contributed by atoms with Crippen LogP contribution in [0.1, 0.15) is 36.5 Å². The molecule has 0 radical (unpaired) electrons. The van der Waals surface area contributed by atoms with Crippen LogP contribution in [0, 0.1) is 13.8 Å². The third-order valence-corrected chi connectivity index (χ3v) is 13.0. The van der Waals surface area contributed by atoms with Gasteiger partial charge in [0, 0.05) is 26.6 Å². The largest absolute Gasteiger partial charge is 0.523 e. The number of hydrogen-bond donors (Lipinski definition) is 0. The van der Waals surface area contributed by atoms with Crippen molar-refractivity contribution in [2.24, 2.45) is 0 Å². The summed E-state index contributed by atoms with van der Waals surface area (Å²) in [5.74, 6) is -1.34. The first kappa shape index (κ1) is 30.6. The molecule has 0 saturated heterocycles. The van der Waals surface area contributed by atoms with Crippen molar-refractivity contribution in [3.8, 4) is 0 Å². The van der Waals surface area contributed by atoms with Gasteiger partial charge in [0.1, 0.15) is 0 Å². The molecule has 0 N–H and O–H groups in total. The van der Waals surface area contributed by atoms with E-state index in [2.05, 4.69) is 0 Å². The Morgan fingerprint density at radius 2 is 1.35 bits per heavy atom. The fourth-order valence-corrected chi connectivity index (χ4v) is 10.3. The highest BCUT2D eigenvalue weighted by Gasteiger charge is 2.63. The minimum absolute atomic E-state index is 0.106. The molecule has 40 heavy (non-hydrogen) atoms. The number of hydrogen-bond acceptors (Lipinski definition) is 4. The average Bonchev–Trinajstić information content (AvgIpc) is 2.91. The van der Waals surface area contributed by atoms with Crippen molar-refractivity contribution < 1.29 is 30.3 Å². The summed E-state index contributed by atoms with van der Waals surface area (Å²) in [6.07, 6.45) is 1.17. The molecule has 3 aromatic carbocycles. The van der Waals surface area contributed by atoms with Crippen molar-refractivity contribution >= 4 is 51.1 Å². The highest BCUT2D eigenvalue weighted by atomic mass is 35.5. The van der Waals surface area contributed by atoms with Crippen molar-refractivity contribution in [1.29, 1.82) is 0 Å². The van der Waals surface area contributed by atoms with Crippen LogP contribution in [0.4, 0.5) is 13.2 Å². The van der Waals surface area contributed by atoms with Crippen LogP contribution in [0.15, 0.2) is 95.1 Å². The van der Waals surface area contributed by atoms with Crippen molar-refractivity contribution in [2.45, 2.75) is 44.5 Å². The molecule has 0 aliphatic heterocycles. The average molecular weight is 629 g/mol. The van der Waals surface area contributed by atoms with Gasteiger partial charge in [-0.2, -0.15) is 21.6 Å². The van der Waals surface area contributed by atoms with Crippen molar-refractivity contribution in [3.63, 3.8) is 0 Å². The van der Waals surface area contributed by atoms with Crippen LogP contribution in [-0.2, 0) is 18.9 Å². The van der Waals surface area contributed by atoms with E-state index in [0.29, 0.717) is 21.7 Å². The van der Waals surface area contributed by atoms with Crippen LogP contribution >= 0.6 is 30.3 Å². The Morgan fingerprint density at radius 3 is 1.82 bits per heavy atom. The van der Waals surface area contributed by atoms with E-state index in [1.54, 1.807) is 69.3 Å². The Morgan fingerprint density at radius 1 is 0.850 bits per heavy atom. The monoisotopic (exact) mass is 628 g/mol. The van der Waals surface area contributed by atoms with Gasteiger partial charge in [0.05, 0.1) is 0 Å². The molecule has 0 fully saturated rings. The third-order valence-electron chi connectivity index (χ3n) is 7.15. The Kier molecular flexibility index (Phi) is 8.27. The number of aryl methyl sites for hydroxylation is 1. The number of alkyl halides is 3. The van der Waals surface area contributed by atoms with Crippen LogP contribution in [0.2, 0.25) is 5.02 Å². The van der Waals surface area contributed by atoms with Gasteiger partial charge in [-0.25, -0.2) is 4.18 Å². The molecule has 4 nitrogen and oxygen atoms in total. The maximum atomic E-state index is 15.8. The second-order valence-electron chi connectivity index (χ2n) is 9.68. The molecule has 0 amide bonds. The predicted octanol–water partition coefficient (Wildman–Crippen LogP) is 8.09. The topological polar surface area (TPSA) is 60.4 Å². The lowest BCUT2D eigenvalue weighted by Crippen LogP contribution is -2.49. The van der Waals surface area contributed by atoms with Gasteiger partial charge >= 0.3 is 15.6 Å². The molecule has 2 unspecified atom stereocenters. The Hall–Kier alpha value is -2.35. The maximum absolute atomic E-state index is 15.8. The second kappa shape index (κ2) is 10.8. The van der Waals surface area contributed by atoms with Crippen molar-refractivity contribution in [2.75, 3.05) is 0 Å². The molecule has 0 spiro atoms. The highest BCUT2D eigenvalue weighted by molar-refractivity contribution is 7.88. The van der Waals surface area contributed by atoms with Gasteiger partial charge in [-0.15, -0.1) is 0 Å². The highest BCUT2D eigenvalue weighted by Crippen LogP contribution is 2.68. The molecule has 3 aromatic rings. The molecule has 0 heterocycles. The van der Waals surface area contributed by atoms with Gasteiger partial charge in [-0.3, -0.25) is 0 Å². The molecule has 11 heteroatoms. The fraction of sp³-hybridized carbons (Fsp3) is 0.241. The minimum atomic E-state index is -6.31. The number of benzene rings is 3. The zero-order valence-corrected chi connectivity index (χ0v) is 25.2. The summed E-state index contributed by atoms with van der Waals surface area (Å²) in [6, 6.07) is 18.9. The summed E-state index contributed by atoms with van der Waals surface area (Å²) < 4.78 is 89.3. The zero-order chi connectivity index (χ0) is 29.7. The van der Waals surface area contributed by atoms with Crippen LogP contribution in [0.3, 0.4) is 0 Å². The second-order valence-corrected chi connectivity index (χ2v) is 14.9. The summed E-state index contributed by atoms with van der Waals surface area (Å²) in [6.45, 7) is 6.50. The van der Waals surface area contributed by atoms with Crippen LogP contribution in [0.25, 0.3) is 0 Å². The molecule has 0 bridgehead atoms. The SMILES string of the molecule is CC1=CC(OS(=O)(=O)C(F)(F)F)(P(=O)(c2ccccc2)c2ccccc2)C(c2ccc(C)c(Cl)c2C)C(C)=C1Cl. The van der Waals surface area contributed by atoms with Crippen molar-refractivity contribution in [1.82, 2.24) is 0 Å². The lowest BCUT2D eigenvalue weighted by molar-refractivity contribution is -0.0581. The van der Waals surface area contributed by atoms with E-state index in [-0.39, 0.29) is 26.8 Å². The quantitative estimate of drug-likeness (QED) is 0.157. The summed E-state index contributed by atoms with van der Waals surface area (Å²) >= 11 is 13.3. The third kappa shape index (κ3) is 4.88. The summed E-state index contributed by atoms with van der Waals surface area (Å²) in [5, 5.41) is -1.88. The molecule has 4 rings (SSSR count). The van der Waals surface area contributed by atoms with Gasteiger partial charge in [-0.1, -0.05) is 96.0 Å². The molecule has 2 atom stereocenters. The van der Waals surface area contributed by atoms with E-state index in [0.717, 1.165) is 0 Å². The summed E-state index contributed by atoms with van der Waals surface area (Å²) in [4.78, 5) is 0. The van der Waals surface area contributed by atoms with Crippen LogP contribution in [-0.4, -0.2) is 19.3 Å². The summed E-state index contributed by atoms with van der Waals surface area (Å²) in [5.41, 5.74) is -3.80. The van der Waals surface area contributed by atoms with Crippen LogP contribution in [0.5, 0.6) is 0 Å².